The van der Waals surface area contributed by atoms with Gasteiger partial charge in [0.05, 0.1) is 24.0 Å². The van der Waals surface area contributed by atoms with Crippen molar-refractivity contribution >= 4 is 39.4 Å². The van der Waals surface area contributed by atoms with Crippen molar-refractivity contribution in [1.29, 1.82) is 0 Å². The van der Waals surface area contributed by atoms with Crippen LogP contribution in [0.2, 0.25) is 0 Å². The number of Topliss-reactive ketones (excluding diaryl/α,β-unsaturated/α-hetero) is 1. The van der Waals surface area contributed by atoms with Crippen LogP contribution in [0.5, 0.6) is 11.5 Å². The third-order valence-electron chi connectivity index (χ3n) is 8.67. The second-order valence-corrected chi connectivity index (χ2v) is 13.7. The van der Waals surface area contributed by atoms with Crippen LogP contribution in [-0.4, -0.2) is 46.4 Å². The number of nitrogen functional groups attached to an aromatic ring is 2. The molecule has 244 valence electrons. The van der Waals surface area contributed by atoms with Gasteiger partial charge in [-0.2, -0.15) is 0 Å². The summed E-state index contributed by atoms with van der Waals surface area (Å²) in [6.07, 6.45) is 4.19. The molecule has 1 aliphatic heterocycles. The Balaban J connectivity index is 0.000000230. The molecule has 0 amide bonds. The van der Waals surface area contributed by atoms with Crippen molar-refractivity contribution in [2.45, 2.75) is 42.0 Å². The van der Waals surface area contributed by atoms with Gasteiger partial charge in [-0.1, -0.05) is 30.3 Å². The van der Waals surface area contributed by atoms with Crippen LogP contribution >= 0.6 is 12.4 Å². The van der Waals surface area contributed by atoms with Crippen LogP contribution in [-0.2, 0) is 22.8 Å². The maximum atomic E-state index is 12.9. The third-order valence-corrected chi connectivity index (χ3v) is 10.5. The van der Waals surface area contributed by atoms with Gasteiger partial charge in [-0.3, -0.25) is 9.69 Å². The number of ether oxygens (including phenoxy) is 2. The number of carbonyl (C=O) groups excluding carboxylic acids is 1. The van der Waals surface area contributed by atoms with E-state index in [4.69, 9.17) is 20.9 Å². The van der Waals surface area contributed by atoms with E-state index in [-0.39, 0.29) is 33.9 Å². The molecule has 1 saturated heterocycles. The molecular formula is C36H42ClN3O5S. The summed E-state index contributed by atoms with van der Waals surface area (Å²) in [5.74, 6) is 2.38. The largest absolute Gasteiger partial charge is 0.493 e. The fraction of sp³-hybridized carbons (Fsp3) is 0.306. The summed E-state index contributed by atoms with van der Waals surface area (Å²) in [7, 11) is -0.228. The topological polar surface area (TPSA) is 125 Å². The van der Waals surface area contributed by atoms with E-state index in [1.54, 1.807) is 38.5 Å². The number of nitrogens with two attached hydrogens (primary N) is 2. The summed E-state index contributed by atoms with van der Waals surface area (Å²) in [5, 5.41) is 0. The lowest BCUT2D eigenvalue weighted by Crippen LogP contribution is -2.34. The molecule has 46 heavy (non-hydrogen) atoms. The molecule has 0 saturated carbocycles. The van der Waals surface area contributed by atoms with Gasteiger partial charge in [0.1, 0.15) is 0 Å². The number of rotatable bonds is 8. The zero-order valence-corrected chi connectivity index (χ0v) is 27.9. The number of fused-ring (bicyclic) bond motifs is 1. The predicted octanol–water partition coefficient (Wildman–Crippen LogP) is 6.47. The summed E-state index contributed by atoms with van der Waals surface area (Å²) in [6.45, 7) is 3.27. The molecule has 1 heterocycles. The fourth-order valence-corrected chi connectivity index (χ4v) is 7.40. The monoisotopic (exact) mass is 663 g/mol. The summed E-state index contributed by atoms with van der Waals surface area (Å²) < 4.78 is 35.1. The van der Waals surface area contributed by atoms with Crippen molar-refractivity contribution in [3.63, 3.8) is 0 Å². The minimum atomic E-state index is -3.48. The number of hydrogen-bond donors (Lipinski definition) is 2. The second kappa shape index (κ2) is 15.5. The average Bonchev–Trinajstić information content (AvgIpc) is 3.35. The minimum absolute atomic E-state index is 0. The second-order valence-electron chi connectivity index (χ2n) is 11.7. The minimum Gasteiger partial charge on any atom is -0.493 e. The molecule has 4 N–H and O–H groups in total. The predicted molar refractivity (Wildman–Crippen MR) is 185 cm³/mol. The van der Waals surface area contributed by atoms with Crippen LogP contribution in [0.3, 0.4) is 0 Å². The lowest BCUT2D eigenvalue weighted by Gasteiger charge is -2.32. The standard InChI is InChI=1S/C24H29NO3.C12H12N2O2S.ClH/c1-27-22-14-19-13-20(24(26)21(19)15-23(22)28-2)12-17-8-10-25(11-9-17)16-18-6-4-3-5-7-18;13-9-1-5-11(6-2-9)17(15,16)12-7-3-10(14)4-8-12;/h3-7,14-15,17,20H,8-13,16H2,1-2H3;1-8H,13-14H2;1H. The SMILES string of the molecule is COc1cc2c(cc1OC)C(=O)C(CC1CCN(Cc3ccccc3)CC1)C2.Cl.Nc1ccc(S(=O)(=O)c2ccc(N)cc2)cc1. The Morgan fingerprint density at radius 1 is 0.783 bits per heavy atom. The van der Waals surface area contributed by atoms with E-state index >= 15 is 0 Å². The van der Waals surface area contributed by atoms with Crippen LogP contribution in [0, 0.1) is 11.8 Å². The van der Waals surface area contributed by atoms with Gasteiger partial charge in [0, 0.05) is 29.4 Å². The van der Waals surface area contributed by atoms with E-state index in [0.717, 1.165) is 43.6 Å². The van der Waals surface area contributed by atoms with Crippen molar-refractivity contribution < 1.29 is 22.7 Å². The van der Waals surface area contributed by atoms with Gasteiger partial charge in [-0.25, -0.2) is 8.42 Å². The molecule has 2 aliphatic rings. The first-order valence-corrected chi connectivity index (χ1v) is 16.7. The van der Waals surface area contributed by atoms with Crippen LogP contribution in [0.1, 0.15) is 40.7 Å². The summed E-state index contributed by atoms with van der Waals surface area (Å²) in [5.41, 5.74) is 15.4. The number of piperidine rings is 1. The van der Waals surface area contributed by atoms with E-state index in [1.807, 2.05) is 12.1 Å². The highest BCUT2D eigenvalue weighted by atomic mass is 35.5. The molecular weight excluding hydrogens is 622 g/mol. The van der Waals surface area contributed by atoms with Crippen molar-refractivity contribution in [2.75, 3.05) is 38.8 Å². The van der Waals surface area contributed by atoms with E-state index < -0.39 is 9.84 Å². The molecule has 6 rings (SSSR count). The van der Waals surface area contributed by atoms with E-state index in [2.05, 4.69) is 35.2 Å². The quantitative estimate of drug-likeness (QED) is 0.206. The number of anilines is 2. The van der Waals surface area contributed by atoms with E-state index in [1.165, 1.54) is 42.7 Å². The Kier molecular flexibility index (Phi) is 11.7. The molecule has 4 aromatic carbocycles. The first-order valence-electron chi connectivity index (χ1n) is 15.2. The molecule has 0 radical (unpaired) electrons. The highest BCUT2D eigenvalue weighted by molar-refractivity contribution is 7.91. The molecule has 1 unspecified atom stereocenters. The molecule has 0 aromatic heterocycles. The van der Waals surface area contributed by atoms with Gasteiger partial charge in [-0.15, -0.1) is 12.4 Å². The van der Waals surface area contributed by atoms with Gasteiger partial charge in [0.25, 0.3) is 0 Å². The lowest BCUT2D eigenvalue weighted by atomic mass is 9.85. The number of carbonyl (C=O) groups is 1. The van der Waals surface area contributed by atoms with Gasteiger partial charge in [-0.05, 0) is 116 Å². The van der Waals surface area contributed by atoms with Crippen LogP contribution in [0.25, 0.3) is 0 Å². The van der Waals surface area contributed by atoms with Crippen molar-refractivity contribution in [2.24, 2.45) is 11.8 Å². The molecule has 0 bridgehead atoms. The number of nitrogens with zero attached hydrogens (tertiary/aromatic N) is 1. The maximum absolute atomic E-state index is 12.9. The molecule has 4 aromatic rings. The fourth-order valence-electron chi connectivity index (χ4n) is 6.14. The highest BCUT2D eigenvalue weighted by Gasteiger charge is 2.34. The first kappa shape index (κ1) is 34.8. The molecule has 0 spiro atoms. The molecule has 1 aliphatic carbocycles. The number of hydrogen-bond acceptors (Lipinski definition) is 8. The Hall–Kier alpha value is -4.05. The number of ketones is 1. The van der Waals surface area contributed by atoms with Crippen molar-refractivity contribution in [3.05, 3.63) is 108 Å². The van der Waals surface area contributed by atoms with Crippen LogP contribution < -0.4 is 20.9 Å². The Morgan fingerprint density at radius 2 is 1.30 bits per heavy atom. The third kappa shape index (κ3) is 8.20. The Bertz CT molecular complexity index is 1660. The smallest absolute Gasteiger partial charge is 0.206 e. The highest BCUT2D eigenvalue weighted by Crippen LogP contribution is 2.39. The molecule has 1 atom stereocenters. The Morgan fingerprint density at radius 3 is 1.83 bits per heavy atom. The zero-order valence-electron chi connectivity index (χ0n) is 26.2. The van der Waals surface area contributed by atoms with E-state index in [0.29, 0.717) is 28.8 Å². The summed E-state index contributed by atoms with van der Waals surface area (Å²) >= 11 is 0. The van der Waals surface area contributed by atoms with Crippen molar-refractivity contribution in [1.82, 2.24) is 4.90 Å². The van der Waals surface area contributed by atoms with Crippen LogP contribution in [0.15, 0.2) is 101 Å². The molecule has 8 nitrogen and oxygen atoms in total. The normalized spacial score (nSPS) is 16.5. The number of sulfone groups is 1. The first-order chi connectivity index (χ1) is 21.7. The zero-order chi connectivity index (χ0) is 32.0. The van der Waals surface area contributed by atoms with Crippen LogP contribution in [0.4, 0.5) is 11.4 Å². The van der Waals surface area contributed by atoms with Gasteiger partial charge in [0.2, 0.25) is 9.84 Å². The molecule has 10 heteroatoms. The molecule has 1 fully saturated rings. The number of methoxy groups -OCH3 is 2. The Labute approximate surface area is 278 Å². The maximum Gasteiger partial charge on any atom is 0.206 e. The van der Waals surface area contributed by atoms with Crippen molar-refractivity contribution in [3.8, 4) is 11.5 Å². The lowest BCUT2D eigenvalue weighted by molar-refractivity contribution is 0.0895. The average molecular weight is 664 g/mol. The number of benzene rings is 4. The van der Waals surface area contributed by atoms with E-state index in [9.17, 15) is 13.2 Å². The van der Waals surface area contributed by atoms with Gasteiger partial charge in [0.15, 0.2) is 17.3 Å². The summed E-state index contributed by atoms with van der Waals surface area (Å²) in [6, 6.07) is 26.7. The van der Waals surface area contributed by atoms with Gasteiger partial charge >= 0.3 is 0 Å². The summed E-state index contributed by atoms with van der Waals surface area (Å²) in [4.78, 5) is 15.9. The van der Waals surface area contributed by atoms with Gasteiger partial charge < -0.3 is 20.9 Å². The number of likely N-dealkylation sites (tertiary alicyclic amines) is 1. The number of halogens is 1.